The van der Waals surface area contributed by atoms with E-state index in [9.17, 15) is 9.18 Å². The van der Waals surface area contributed by atoms with Gasteiger partial charge in [-0.2, -0.15) is 0 Å². The summed E-state index contributed by atoms with van der Waals surface area (Å²) in [5.74, 6) is -0.348. The van der Waals surface area contributed by atoms with Crippen molar-refractivity contribution in [3.05, 3.63) is 107 Å². The zero-order valence-corrected chi connectivity index (χ0v) is 21.8. The number of benzene rings is 3. The van der Waals surface area contributed by atoms with E-state index in [0.717, 1.165) is 47.2 Å². The van der Waals surface area contributed by atoms with Gasteiger partial charge in [0.15, 0.2) is 0 Å². The molecule has 1 fully saturated rings. The molecular formula is C31H33ClFN3O. The summed E-state index contributed by atoms with van der Waals surface area (Å²) < 4.78 is 15.7. The fourth-order valence-electron chi connectivity index (χ4n) is 5.39. The van der Waals surface area contributed by atoms with Crippen LogP contribution in [-0.4, -0.2) is 41.6 Å². The normalized spacial score (nSPS) is 15.1. The second-order valence-electron chi connectivity index (χ2n) is 9.92. The maximum atomic E-state index is 13.5. The van der Waals surface area contributed by atoms with Gasteiger partial charge in [0.25, 0.3) is 0 Å². The minimum Gasteiger partial charge on any atom is -0.355 e. The van der Waals surface area contributed by atoms with E-state index in [2.05, 4.69) is 33.1 Å². The van der Waals surface area contributed by atoms with Gasteiger partial charge in [0, 0.05) is 54.1 Å². The molecule has 4 aromatic rings. The molecule has 0 spiro atoms. The fraction of sp³-hybridized carbons (Fsp3) is 0.323. The lowest BCUT2D eigenvalue weighted by atomic mass is 9.88. The predicted molar refractivity (Wildman–Crippen MR) is 149 cm³/mol. The van der Waals surface area contributed by atoms with E-state index in [1.807, 2.05) is 48.5 Å². The third-order valence-corrected chi connectivity index (χ3v) is 7.54. The molecule has 1 amide bonds. The SMILES string of the molecule is O=C(C[C@H](c1cccc(Cl)c1)c1cn(Cc2ccc(F)cc2)c2ccccc12)NCCN1CCCCC1. The van der Waals surface area contributed by atoms with E-state index in [1.54, 1.807) is 0 Å². The molecule has 6 heteroatoms. The van der Waals surface area contributed by atoms with Crippen molar-refractivity contribution in [2.75, 3.05) is 26.2 Å². The summed E-state index contributed by atoms with van der Waals surface area (Å²) in [4.78, 5) is 15.6. The van der Waals surface area contributed by atoms with Crippen LogP contribution in [0.2, 0.25) is 5.02 Å². The molecule has 0 unspecified atom stereocenters. The molecular weight excluding hydrogens is 485 g/mol. The Morgan fingerprint density at radius 1 is 0.973 bits per heavy atom. The van der Waals surface area contributed by atoms with E-state index in [0.29, 0.717) is 24.5 Å². The van der Waals surface area contributed by atoms with Gasteiger partial charge in [-0.25, -0.2) is 4.39 Å². The van der Waals surface area contributed by atoms with E-state index < -0.39 is 0 Å². The predicted octanol–water partition coefficient (Wildman–Crippen LogP) is 6.61. The highest BCUT2D eigenvalue weighted by Gasteiger charge is 2.23. The van der Waals surface area contributed by atoms with Gasteiger partial charge in [0.1, 0.15) is 5.82 Å². The first-order valence-electron chi connectivity index (χ1n) is 13.1. The summed E-state index contributed by atoms with van der Waals surface area (Å²) in [6.45, 7) is 4.41. The summed E-state index contributed by atoms with van der Waals surface area (Å²) >= 11 is 6.38. The molecule has 0 aliphatic carbocycles. The number of likely N-dealkylation sites (tertiary alicyclic amines) is 1. The summed E-state index contributed by atoms with van der Waals surface area (Å²) in [6, 6.07) is 22.7. The number of carbonyl (C=O) groups excluding carboxylic acids is 1. The van der Waals surface area contributed by atoms with Crippen LogP contribution in [0.15, 0.2) is 79.0 Å². The minimum atomic E-state index is -0.242. The topological polar surface area (TPSA) is 37.3 Å². The van der Waals surface area contributed by atoms with E-state index in [1.165, 1.54) is 31.4 Å². The molecule has 37 heavy (non-hydrogen) atoms. The van der Waals surface area contributed by atoms with Crippen LogP contribution in [-0.2, 0) is 11.3 Å². The number of carbonyl (C=O) groups is 1. The van der Waals surface area contributed by atoms with Gasteiger partial charge in [-0.3, -0.25) is 4.79 Å². The molecule has 0 bridgehead atoms. The van der Waals surface area contributed by atoms with Gasteiger partial charge in [-0.05, 0) is 73.0 Å². The third kappa shape index (κ3) is 6.41. The van der Waals surface area contributed by atoms with Crippen LogP contribution >= 0.6 is 11.6 Å². The van der Waals surface area contributed by atoms with Crippen LogP contribution in [0.3, 0.4) is 0 Å². The second-order valence-corrected chi connectivity index (χ2v) is 10.4. The standard InChI is InChI=1S/C31H33ClFN3O/c32-25-8-6-7-24(19-25)28(20-31(37)34-15-18-35-16-4-1-5-17-35)29-22-36(30-10-3-2-9-27(29)30)21-23-11-13-26(33)14-12-23/h2-3,6-14,19,22,28H,1,4-5,15-18,20-21H2,(H,34,37)/t28-/m1/s1. The molecule has 0 radical (unpaired) electrons. The summed E-state index contributed by atoms with van der Waals surface area (Å²) in [5, 5.41) is 4.92. The van der Waals surface area contributed by atoms with E-state index in [4.69, 9.17) is 11.6 Å². The summed E-state index contributed by atoms with van der Waals surface area (Å²) in [6.07, 6.45) is 6.27. The zero-order valence-electron chi connectivity index (χ0n) is 21.0. The number of amides is 1. The van der Waals surface area contributed by atoms with E-state index >= 15 is 0 Å². The number of piperidine rings is 1. The lowest BCUT2D eigenvalue weighted by Gasteiger charge is -2.26. The van der Waals surface area contributed by atoms with Crippen molar-refractivity contribution in [2.45, 2.75) is 38.1 Å². The lowest BCUT2D eigenvalue weighted by Crippen LogP contribution is -2.38. The molecule has 5 rings (SSSR count). The smallest absolute Gasteiger partial charge is 0.220 e. The first-order chi connectivity index (χ1) is 18.1. The number of halogens is 2. The van der Waals surface area contributed by atoms with Gasteiger partial charge < -0.3 is 14.8 Å². The molecule has 1 aliphatic rings. The zero-order chi connectivity index (χ0) is 25.6. The average Bonchev–Trinajstić information content (AvgIpc) is 3.27. The molecule has 4 nitrogen and oxygen atoms in total. The quantitative estimate of drug-likeness (QED) is 0.271. The lowest BCUT2D eigenvalue weighted by molar-refractivity contribution is -0.121. The van der Waals surface area contributed by atoms with Crippen molar-refractivity contribution in [1.82, 2.24) is 14.8 Å². The van der Waals surface area contributed by atoms with Gasteiger partial charge in [0.2, 0.25) is 5.91 Å². The Morgan fingerprint density at radius 3 is 2.54 bits per heavy atom. The molecule has 1 atom stereocenters. The fourth-order valence-corrected chi connectivity index (χ4v) is 5.59. The summed E-state index contributed by atoms with van der Waals surface area (Å²) in [5.41, 5.74) is 4.21. The number of hydrogen-bond donors (Lipinski definition) is 1. The molecule has 192 valence electrons. The Kier molecular flexibility index (Phi) is 8.22. The average molecular weight is 518 g/mol. The highest BCUT2D eigenvalue weighted by atomic mass is 35.5. The number of hydrogen-bond acceptors (Lipinski definition) is 2. The van der Waals surface area contributed by atoms with Crippen molar-refractivity contribution < 1.29 is 9.18 Å². The van der Waals surface area contributed by atoms with Crippen LogP contribution in [0.25, 0.3) is 10.9 Å². The number of aromatic nitrogens is 1. The number of nitrogens with one attached hydrogen (secondary N) is 1. The Morgan fingerprint density at radius 2 is 1.76 bits per heavy atom. The molecule has 0 saturated carbocycles. The minimum absolute atomic E-state index is 0.0392. The van der Waals surface area contributed by atoms with Gasteiger partial charge in [0.05, 0.1) is 0 Å². The molecule has 2 heterocycles. The first kappa shape index (κ1) is 25.5. The third-order valence-electron chi connectivity index (χ3n) is 7.30. The van der Waals surface area contributed by atoms with Crippen molar-refractivity contribution in [2.24, 2.45) is 0 Å². The van der Waals surface area contributed by atoms with Crippen LogP contribution in [0.1, 0.15) is 48.3 Å². The highest BCUT2D eigenvalue weighted by Crippen LogP contribution is 2.36. The van der Waals surface area contributed by atoms with Crippen LogP contribution in [0, 0.1) is 5.82 Å². The van der Waals surface area contributed by atoms with Gasteiger partial charge >= 0.3 is 0 Å². The highest BCUT2D eigenvalue weighted by molar-refractivity contribution is 6.30. The van der Waals surface area contributed by atoms with Crippen LogP contribution < -0.4 is 5.32 Å². The number of rotatable bonds is 9. The second kappa shape index (κ2) is 11.9. The Bertz CT molecular complexity index is 1340. The summed E-state index contributed by atoms with van der Waals surface area (Å²) in [7, 11) is 0. The Hall–Kier alpha value is -3.15. The molecule has 3 aromatic carbocycles. The molecule has 1 aromatic heterocycles. The van der Waals surface area contributed by atoms with Crippen molar-refractivity contribution >= 4 is 28.4 Å². The molecule has 1 N–H and O–H groups in total. The number of para-hydroxylation sites is 1. The maximum absolute atomic E-state index is 13.5. The van der Waals surface area contributed by atoms with Crippen LogP contribution in [0.5, 0.6) is 0 Å². The van der Waals surface area contributed by atoms with Gasteiger partial charge in [-0.1, -0.05) is 60.5 Å². The van der Waals surface area contributed by atoms with Gasteiger partial charge in [-0.15, -0.1) is 0 Å². The molecule has 1 aliphatic heterocycles. The number of fused-ring (bicyclic) bond motifs is 1. The molecule has 1 saturated heterocycles. The van der Waals surface area contributed by atoms with Crippen molar-refractivity contribution in [1.29, 1.82) is 0 Å². The monoisotopic (exact) mass is 517 g/mol. The largest absolute Gasteiger partial charge is 0.355 e. The van der Waals surface area contributed by atoms with Crippen LogP contribution in [0.4, 0.5) is 4.39 Å². The number of nitrogens with zero attached hydrogens (tertiary/aromatic N) is 2. The Labute approximate surface area is 223 Å². The van der Waals surface area contributed by atoms with Crippen molar-refractivity contribution in [3.63, 3.8) is 0 Å². The first-order valence-corrected chi connectivity index (χ1v) is 13.5. The van der Waals surface area contributed by atoms with Crippen molar-refractivity contribution in [3.8, 4) is 0 Å². The Balaban J connectivity index is 1.41. The maximum Gasteiger partial charge on any atom is 0.220 e. The van der Waals surface area contributed by atoms with E-state index in [-0.39, 0.29) is 17.6 Å².